The van der Waals surface area contributed by atoms with Crippen molar-refractivity contribution in [2.75, 3.05) is 0 Å². The monoisotopic (exact) mass is 252 g/mol. The molecule has 0 bridgehead atoms. The molecule has 2 heterocycles. The first-order valence-electron chi connectivity index (χ1n) is 4.79. The van der Waals surface area contributed by atoms with Gasteiger partial charge in [-0.1, -0.05) is 0 Å². The van der Waals surface area contributed by atoms with Crippen molar-refractivity contribution < 1.29 is 19.0 Å². The standard InChI is InChI=1S/C9H8N4O5/c1-5(14)10-7-4-17-12-9(11-7)6-2-3-8(18-6)13(15)16/h2-4H,1H3,(H,10,14)(H,11,12). The minimum absolute atomic E-state index is 0.120. The minimum atomic E-state index is -0.668. The smallest absolute Gasteiger partial charge is 0.397 e. The molecule has 0 unspecified atom stereocenters. The average molecular weight is 252 g/mol. The molecule has 0 saturated heterocycles. The summed E-state index contributed by atoms with van der Waals surface area (Å²) in [4.78, 5) is 29.4. The molecule has 94 valence electrons. The average Bonchev–Trinajstić information content (AvgIpc) is 2.77. The van der Waals surface area contributed by atoms with Crippen LogP contribution in [0.2, 0.25) is 0 Å². The van der Waals surface area contributed by atoms with Crippen molar-refractivity contribution in [2.24, 2.45) is 4.99 Å². The van der Waals surface area contributed by atoms with Gasteiger partial charge in [-0.25, -0.2) is 10.5 Å². The summed E-state index contributed by atoms with van der Waals surface area (Å²) >= 11 is 0. The Bertz CT molecular complexity index is 559. The summed E-state index contributed by atoms with van der Waals surface area (Å²) in [6, 6.07) is 2.56. The Morgan fingerprint density at radius 3 is 2.94 bits per heavy atom. The Kier molecular flexibility index (Phi) is 2.96. The molecule has 1 amide bonds. The number of hydrogen-bond donors (Lipinski definition) is 2. The number of aliphatic imine (C=N–C) groups is 1. The molecule has 2 rings (SSSR count). The molecule has 9 heteroatoms. The van der Waals surface area contributed by atoms with Crippen LogP contribution in [-0.2, 0) is 9.63 Å². The Morgan fingerprint density at radius 1 is 1.56 bits per heavy atom. The van der Waals surface area contributed by atoms with Crippen LogP contribution in [0.3, 0.4) is 0 Å². The van der Waals surface area contributed by atoms with Crippen molar-refractivity contribution in [1.29, 1.82) is 0 Å². The molecular weight excluding hydrogens is 244 g/mol. The fourth-order valence-corrected chi connectivity index (χ4v) is 1.21. The number of rotatable bonds is 3. The number of amides is 1. The third kappa shape index (κ3) is 2.45. The van der Waals surface area contributed by atoms with Crippen LogP contribution >= 0.6 is 0 Å². The van der Waals surface area contributed by atoms with E-state index in [9.17, 15) is 14.9 Å². The normalized spacial score (nSPS) is 13.8. The van der Waals surface area contributed by atoms with Gasteiger partial charge in [0.15, 0.2) is 17.8 Å². The van der Waals surface area contributed by atoms with E-state index in [2.05, 4.69) is 15.8 Å². The van der Waals surface area contributed by atoms with E-state index in [4.69, 9.17) is 9.25 Å². The van der Waals surface area contributed by atoms with Gasteiger partial charge in [-0.15, -0.1) is 0 Å². The van der Waals surface area contributed by atoms with Crippen LogP contribution in [0, 0.1) is 10.1 Å². The summed E-state index contributed by atoms with van der Waals surface area (Å²) in [5, 5.41) is 12.9. The highest BCUT2D eigenvalue weighted by Gasteiger charge is 2.18. The predicted molar refractivity (Wildman–Crippen MR) is 58.0 cm³/mol. The zero-order valence-electron chi connectivity index (χ0n) is 9.17. The summed E-state index contributed by atoms with van der Waals surface area (Å²) < 4.78 is 4.93. The summed E-state index contributed by atoms with van der Waals surface area (Å²) in [5.74, 6) is -0.326. The third-order valence-electron chi connectivity index (χ3n) is 1.87. The Labute approximate surface area is 100 Å². The SMILES string of the molecule is CC(=O)NC1=CONC(c2ccc([N+](=O)[O-])o2)=N1. The van der Waals surface area contributed by atoms with Gasteiger partial charge in [-0.3, -0.25) is 14.9 Å². The molecule has 0 spiro atoms. The second-order valence-corrected chi connectivity index (χ2v) is 3.26. The van der Waals surface area contributed by atoms with Crippen LogP contribution in [0.5, 0.6) is 0 Å². The first-order chi connectivity index (χ1) is 8.56. The Balaban J connectivity index is 2.22. The van der Waals surface area contributed by atoms with Crippen LogP contribution in [0.4, 0.5) is 5.88 Å². The number of nitro groups is 1. The molecule has 0 saturated carbocycles. The van der Waals surface area contributed by atoms with E-state index in [1.54, 1.807) is 0 Å². The van der Waals surface area contributed by atoms with E-state index in [0.29, 0.717) is 0 Å². The fraction of sp³-hybridized carbons (Fsp3) is 0.111. The van der Waals surface area contributed by atoms with Crippen LogP contribution < -0.4 is 10.8 Å². The number of carbonyl (C=O) groups excluding carboxylic acids is 1. The highest BCUT2D eigenvalue weighted by atomic mass is 16.7. The van der Waals surface area contributed by atoms with Crippen molar-refractivity contribution in [3.05, 3.63) is 40.1 Å². The van der Waals surface area contributed by atoms with Gasteiger partial charge < -0.3 is 14.6 Å². The topological polar surface area (TPSA) is 119 Å². The highest BCUT2D eigenvalue weighted by molar-refractivity contribution is 5.97. The molecule has 1 aromatic heterocycles. The number of furan rings is 1. The van der Waals surface area contributed by atoms with E-state index >= 15 is 0 Å². The second kappa shape index (κ2) is 4.57. The zero-order chi connectivity index (χ0) is 13.1. The van der Waals surface area contributed by atoms with Crippen molar-refractivity contribution in [1.82, 2.24) is 10.8 Å². The lowest BCUT2D eigenvalue weighted by atomic mass is 10.4. The van der Waals surface area contributed by atoms with Gasteiger partial charge in [0.25, 0.3) is 0 Å². The van der Waals surface area contributed by atoms with E-state index in [0.717, 1.165) is 0 Å². The number of amidine groups is 1. The van der Waals surface area contributed by atoms with Gasteiger partial charge in [0.05, 0.1) is 6.07 Å². The number of nitrogens with one attached hydrogen (secondary N) is 2. The molecule has 0 fully saturated rings. The van der Waals surface area contributed by atoms with E-state index in [-0.39, 0.29) is 23.3 Å². The van der Waals surface area contributed by atoms with Crippen LogP contribution in [0.15, 0.2) is 33.6 Å². The molecule has 0 aliphatic carbocycles. The van der Waals surface area contributed by atoms with Crippen LogP contribution in [0.1, 0.15) is 12.7 Å². The fourth-order valence-electron chi connectivity index (χ4n) is 1.21. The highest BCUT2D eigenvalue weighted by Crippen LogP contribution is 2.17. The quantitative estimate of drug-likeness (QED) is 0.593. The van der Waals surface area contributed by atoms with Gasteiger partial charge >= 0.3 is 5.88 Å². The number of nitrogens with zero attached hydrogens (tertiary/aromatic N) is 2. The summed E-state index contributed by atoms with van der Waals surface area (Å²) in [7, 11) is 0. The largest absolute Gasteiger partial charge is 0.433 e. The number of hydrogen-bond acceptors (Lipinski definition) is 7. The summed E-state index contributed by atoms with van der Waals surface area (Å²) in [6.45, 7) is 1.32. The van der Waals surface area contributed by atoms with Crippen molar-refractivity contribution >= 4 is 17.6 Å². The number of carbonyl (C=O) groups is 1. The second-order valence-electron chi connectivity index (χ2n) is 3.26. The third-order valence-corrected chi connectivity index (χ3v) is 1.87. The van der Waals surface area contributed by atoms with Gasteiger partial charge in [0, 0.05) is 6.92 Å². The molecule has 0 aromatic carbocycles. The maximum atomic E-state index is 10.8. The first-order valence-corrected chi connectivity index (χ1v) is 4.79. The van der Waals surface area contributed by atoms with Crippen molar-refractivity contribution in [2.45, 2.75) is 6.92 Å². The summed E-state index contributed by atoms with van der Waals surface area (Å²) in [6.07, 6.45) is 1.18. The molecule has 2 N–H and O–H groups in total. The Hall–Kier alpha value is -2.84. The van der Waals surface area contributed by atoms with Crippen molar-refractivity contribution in [3.63, 3.8) is 0 Å². The molecule has 0 atom stereocenters. The van der Waals surface area contributed by atoms with E-state index in [1.165, 1.54) is 25.3 Å². The molecule has 18 heavy (non-hydrogen) atoms. The molecule has 9 nitrogen and oxygen atoms in total. The first kappa shape index (κ1) is 11.6. The molecule has 1 aromatic rings. The van der Waals surface area contributed by atoms with Gasteiger partial charge in [0.1, 0.15) is 4.92 Å². The predicted octanol–water partition coefficient (Wildman–Crippen LogP) is 0.404. The zero-order valence-corrected chi connectivity index (χ0v) is 9.17. The van der Waals surface area contributed by atoms with Gasteiger partial charge in [-0.05, 0) is 6.07 Å². The molecule has 0 radical (unpaired) electrons. The molecule has 1 aliphatic rings. The lowest BCUT2D eigenvalue weighted by molar-refractivity contribution is -0.402. The van der Waals surface area contributed by atoms with Crippen LogP contribution in [0.25, 0.3) is 0 Å². The summed E-state index contributed by atoms with van der Waals surface area (Å²) in [5.41, 5.74) is 2.40. The number of hydroxylamine groups is 1. The maximum absolute atomic E-state index is 10.8. The maximum Gasteiger partial charge on any atom is 0.433 e. The van der Waals surface area contributed by atoms with E-state index < -0.39 is 10.8 Å². The lowest BCUT2D eigenvalue weighted by Crippen LogP contribution is -2.30. The van der Waals surface area contributed by atoms with Crippen molar-refractivity contribution in [3.8, 4) is 0 Å². The van der Waals surface area contributed by atoms with Gasteiger partial charge in [0.2, 0.25) is 11.7 Å². The lowest BCUT2D eigenvalue weighted by Gasteiger charge is -2.13. The van der Waals surface area contributed by atoms with E-state index in [1.807, 2.05) is 0 Å². The Morgan fingerprint density at radius 2 is 2.33 bits per heavy atom. The molecule has 1 aliphatic heterocycles. The van der Waals surface area contributed by atoms with Crippen LogP contribution in [-0.4, -0.2) is 16.7 Å². The van der Waals surface area contributed by atoms with Gasteiger partial charge in [-0.2, -0.15) is 0 Å². The molecular formula is C9H8N4O5. The minimum Gasteiger partial charge on any atom is -0.397 e.